The number of rotatable bonds is 5. The van der Waals surface area contributed by atoms with Gasteiger partial charge in [-0.15, -0.1) is 10.2 Å². The van der Waals surface area contributed by atoms with Crippen LogP contribution in [0.3, 0.4) is 0 Å². The van der Waals surface area contributed by atoms with Gasteiger partial charge in [-0.1, -0.05) is 42.5 Å². The van der Waals surface area contributed by atoms with Crippen molar-refractivity contribution in [3.8, 4) is 11.4 Å². The van der Waals surface area contributed by atoms with Gasteiger partial charge < -0.3 is 4.90 Å². The van der Waals surface area contributed by atoms with E-state index in [4.69, 9.17) is 0 Å². The molecule has 1 aliphatic heterocycles. The zero-order valence-electron chi connectivity index (χ0n) is 16.1. The van der Waals surface area contributed by atoms with Crippen molar-refractivity contribution in [3.63, 3.8) is 0 Å². The van der Waals surface area contributed by atoms with Crippen molar-refractivity contribution in [2.24, 2.45) is 5.92 Å². The Morgan fingerprint density at radius 3 is 2.82 bits per heavy atom. The molecule has 1 atom stereocenters. The number of aromatic amines is 1. The molecular formula is C22H25N5O. The van der Waals surface area contributed by atoms with Crippen LogP contribution in [0.5, 0.6) is 0 Å². The lowest BCUT2D eigenvalue weighted by atomic mass is 9.90. The van der Waals surface area contributed by atoms with Crippen LogP contribution in [0, 0.1) is 12.8 Å². The summed E-state index contributed by atoms with van der Waals surface area (Å²) in [6.07, 6.45) is 4.41. The average Bonchev–Trinajstić information content (AvgIpc) is 3.28. The number of piperidine rings is 1. The molecule has 1 N–H and O–H groups in total. The highest BCUT2D eigenvalue weighted by Crippen LogP contribution is 2.26. The van der Waals surface area contributed by atoms with Gasteiger partial charge in [0.1, 0.15) is 0 Å². The third-order valence-electron chi connectivity index (χ3n) is 5.63. The number of benzene rings is 2. The largest absolute Gasteiger partial charge is 0.338 e. The van der Waals surface area contributed by atoms with Crippen LogP contribution in [0.4, 0.5) is 0 Å². The molecule has 2 heterocycles. The molecule has 1 saturated heterocycles. The zero-order valence-corrected chi connectivity index (χ0v) is 16.1. The van der Waals surface area contributed by atoms with Gasteiger partial charge in [0.25, 0.3) is 5.91 Å². The van der Waals surface area contributed by atoms with Crippen LogP contribution in [0.25, 0.3) is 11.4 Å². The van der Waals surface area contributed by atoms with Crippen LogP contribution >= 0.6 is 0 Å². The molecule has 6 heteroatoms. The molecular weight excluding hydrogens is 350 g/mol. The van der Waals surface area contributed by atoms with Crippen LogP contribution in [-0.2, 0) is 6.42 Å². The minimum absolute atomic E-state index is 0.0565. The second kappa shape index (κ2) is 8.33. The van der Waals surface area contributed by atoms with E-state index in [0.29, 0.717) is 17.3 Å². The van der Waals surface area contributed by atoms with Gasteiger partial charge in [0, 0.05) is 18.7 Å². The summed E-state index contributed by atoms with van der Waals surface area (Å²) in [6.45, 7) is 3.78. The Bertz CT molecular complexity index is 938. The molecule has 0 unspecified atom stereocenters. The number of carbonyl (C=O) groups excluding carboxylic acids is 1. The lowest BCUT2D eigenvalue weighted by Gasteiger charge is -2.33. The number of carbonyl (C=O) groups is 1. The van der Waals surface area contributed by atoms with Gasteiger partial charge in [-0.3, -0.25) is 4.79 Å². The van der Waals surface area contributed by atoms with Crippen LogP contribution in [0.1, 0.15) is 40.7 Å². The van der Waals surface area contributed by atoms with E-state index >= 15 is 0 Å². The summed E-state index contributed by atoms with van der Waals surface area (Å²) in [6, 6.07) is 16.1. The van der Waals surface area contributed by atoms with Gasteiger partial charge in [-0.2, -0.15) is 5.21 Å². The molecule has 0 aliphatic carbocycles. The maximum absolute atomic E-state index is 13.2. The Labute approximate surface area is 165 Å². The van der Waals surface area contributed by atoms with Crippen molar-refractivity contribution in [2.75, 3.05) is 13.1 Å². The van der Waals surface area contributed by atoms with Gasteiger partial charge in [-0.05, 0) is 60.9 Å². The SMILES string of the molecule is Cc1ccccc1CC[C@H]1CCCN(C(=O)c2ccccc2-c2nn[nH]n2)C1. The Morgan fingerprint density at radius 1 is 1.18 bits per heavy atom. The molecule has 6 nitrogen and oxygen atoms in total. The van der Waals surface area contributed by atoms with Crippen molar-refractivity contribution >= 4 is 5.91 Å². The average molecular weight is 375 g/mol. The van der Waals surface area contributed by atoms with Crippen LogP contribution in [0.2, 0.25) is 0 Å². The molecule has 0 radical (unpaired) electrons. The van der Waals surface area contributed by atoms with E-state index < -0.39 is 0 Å². The molecule has 1 aromatic heterocycles. The highest BCUT2D eigenvalue weighted by molar-refractivity contribution is 6.00. The summed E-state index contributed by atoms with van der Waals surface area (Å²) in [5, 5.41) is 14.2. The molecule has 28 heavy (non-hydrogen) atoms. The predicted molar refractivity (Wildman–Crippen MR) is 108 cm³/mol. The van der Waals surface area contributed by atoms with E-state index in [2.05, 4.69) is 51.8 Å². The molecule has 1 aliphatic rings. The minimum Gasteiger partial charge on any atom is -0.338 e. The van der Waals surface area contributed by atoms with Crippen molar-refractivity contribution in [3.05, 3.63) is 65.2 Å². The summed E-state index contributed by atoms with van der Waals surface area (Å²) < 4.78 is 0. The van der Waals surface area contributed by atoms with Crippen molar-refractivity contribution in [2.45, 2.75) is 32.6 Å². The molecule has 0 spiro atoms. The topological polar surface area (TPSA) is 74.8 Å². The van der Waals surface area contributed by atoms with Crippen molar-refractivity contribution in [1.82, 2.24) is 25.5 Å². The monoisotopic (exact) mass is 375 g/mol. The van der Waals surface area contributed by atoms with Gasteiger partial charge in [0.05, 0.1) is 5.56 Å². The van der Waals surface area contributed by atoms with E-state index in [1.807, 2.05) is 29.2 Å². The molecule has 1 amide bonds. The first-order valence-electron chi connectivity index (χ1n) is 9.89. The maximum Gasteiger partial charge on any atom is 0.254 e. The van der Waals surface area contributed by atoms with Crippen molar-refractivity contribution in [1.29, 1.82) is 0 Å². The van der Waals surface area contributed by atoms with Crippen LogP contribution < -0.4 is 0 Å². The van der Waals surface area contributed by atoms with Crippen LogP contribution in [-0.4, -0.2) is 44.5 Å². The summed E-state index contributed by atoms with van der Waals surface area (Å²) in [7, 11) is 0. The molecule has 0 saturated carbocycles. The standard InChI is InChI=1S/C22H25N5O/c1-16-7-2-3-9-18(16)13-12-17-8-6-14-27(15-17)22(28)20-11-5-4-10-19(20)21-23-25-26-24-21/h2-5,7,9-11,17H,6,8,12-15H2,1H3,(H,23,24,25,26)/t17-/m1/s1. The third kappa shape index (κ3) is 3.96. The summed E-state index contributed by atoms with van der Waals surface area (Å²) >= 11 is 0. The molecule has 1 fully saturated rings. The fourth-order valence-electron chi connectivity index (χ4n) is 4.05. The Hall–Kier alpha value is -3.02. The predicted octanol–water partition coefficient (Wildman–Crippen LogP) is 3.66. The summed E-state index contributed by atoms with van der Waals surface area (Å²) in [5.74, 6) is 1.05. The lowest BCUT2D eigenvalue weighted by Crippen LogP contribution is -2.40. The number of tetrazole rings is 1. The van der Waals surface area contributed by atoms with Crippen LogP contribution in [0.15, 0.2) is 48.5 Å². The number of amides is 1. The highest BCUT2D eigenvalue weighted by atomic mass is 16.2. The van der Waals surface area contributed by atoms with Crippen molar-refractivity contribution < 1.29 is 4.79 Å². The fourth-order valence-corrected chi connectivity index (χ4v) is 4.05. The number of hydrogen-bond acceptors (Lipinski definition) is 4. The molecule has 4 rings (SSSR count). The van der Waals surface area contributed by atoms with E-state index in [1.54, 1.807) is 0 Å². The number of hydrogen-bond donors (Lipinski definition) is 1. The Morgan fingerprint density at radius 2 is 2.00 bits per heavy atom. The number of aromatic nitrogens is 4. The normalized spacial score (nSPS) is 16.9. The fraction of sp³-hybridized carbons (Fsp3) is 0.364. The molecule has 144 valence electrons. The van der Waals surface area contributed by atoms with E-state index in [1.165, 1.54) is 17.5 Å². The van der Waals surface area contributed by atoms with Gasteiger partial charge >= 0.3 is 0 Å². The lowest BCUT2D eigenvalue weighted by molar-refractivity contribution is 0.0669. The second-order valence-corrected chi connectivity index (χ2v) is 7.51. The zero-order chi connectivity index (χ0) is 19.3. The van der Waals surface area contributed by atoms with Gasteiger partial charge in [0.2, 0.25) is 5.82 Å². The smallest absolute Gasteiger partial charge is 0.254 e. The first-order chi connectivity index (χ1) is 13.7. The number of aryl methyl sites for hydroxylation is 2. The van der Waals surface area contributed by atoms with E-state index in [9.17, 15) is 4.79 Å². The van der Waals surface area contributed by atoms with E-state index in [0.717, 1.165) is 37.9 Å². The highest BCUT2D eigenvalue weighted by Gasteiger charge is 2.26. The van der Waals surface area contributed by atoms with Gasteiger partial charge in [-0.25, -0.2) is 0 Å². The van der Waals surface area contributed by atoms with E-state index in [-0.39, 0.29) is 5.91 Å². The minimum atomic E-state index is 0.0565. The number of nitrogens with zero attached hydrogens (tertiary/aromatic N) is 4. The Kier molecular flexibility index (Phi) is 5.46. The second-order valence-electron chi connectivity index (χ2n) is 7.51. The molecule has 2 aromatic carbocycles. The maximum atomic E-state index is 13.2. The van der Waals surface area contributed by atoms with Gasteiger partial charge in [0.15, 0.2) is 0 Å². The third-order valence-corrected chi connectivity index (χ3v) is 5.63. The first-order valence-corrected chi connectivity index (χ1v) is 9.89. The Balaban J connectivity index is 1.45. The summed E-state index contributed by atoms with van der Waals surface area (Å²) in [4.78, 5) is 15.2. The summed E-state index contributed by atoms with van der Waals surface area (Å²) in [5.41, 5.74) is 4.13. The number of nitrogens with one attached hydrogen (secondary N) is 1. The molecule has 0 bridgehead atoms. The molecule has 3 aromatic rings. The quantitative estimate of drug-likeness (QED) is 0.738. The first kappa shape index (κ1) is 18.3. The number of likely N-dealkylation sites (tertiary alicyclic amines) is 1. The number of H-pyrrole nitrogens is 1.